The number of pyridine rings is 1. The summed E-state index contributed by atoms with van der Waals surface area (Å²) in [5, 5.41) is 2.82. The second-order valence-electron chi connectivity index (χ2n) is 7.42. The lowest BCUT2D eigenvalue weighted by atomic mass is 9.83. The van der Waals surface area contributed by atoms with Crippen molar-refractivity contribution in [2.45, 2.75) is 24.9 Å². The fraction of sp³-hybridized carbons (Fsp3) is 0.381. The van der Waals surface area contributed by atoms with Crippen molar-refractivity contribution in [2.24, 2.45) is 5.92 Å². The van der Waals surface area contributed by atoms with Crippen LogP contribution in [0.15, 0.2) is 53.3 Å². The molecule has 1 N–H and O–H groups in total. The van der Waals surface area contributed by atoms with Crippen molar-refractivity contribution in [3.8, 4) is 0 Å². The maximum Gasteiger partial charge on any atom is 0.333 e. The molecule has 2 aliphatic rings. The number of carbonyl (C=O) groups is 2. The van der Waals surface area contributed by atoms with E-state index >= 15 is 0 Å². The number of likely N-dealkylation sites (tertiary alicyclic amines) is 1. The first-order valence-electron chi connectivity index (χ1n) is 9.44. The molecule has 0 aliphatic carbocycles. The number of nitrogens with zero attached hydrogens (tertiary/aromatic N) is 2. The van der Waals surface area contributed by atoms with E-state index in [9.17, 15) is 14.4 Å². The van der Waals surface area contributed by atoms with Crippen LogP contribution >= 0.6 is 0 Å². The molecule has 7 heteroatoms. The smallest absolute Gasteiger partial charge is 0.333 e. The van der Waals surface area contributed by atoms with Gasteiger partial charge >= 0.3 is 12.0 Å². The lowest BCUT2D eigenvalue weighted by Crippen LogP contribution is -2.53. The Morgan fingerprint density at radius 3 is 2.61 bits per heavy atom. The summed E-state index contributed by atoms with van der Waals surface area (Å²) in [4.78, 5) is 39.1. The van der Waals surface area contributed by atoms with Gasteiger partial charge in [0, 0.05) is 37.3 Å². The predicted molar refractivity (Wildman–Crippen MR) is 103 cm³/mol. The zero-order valence-electron chi connectivity index (χ0n) is 15.7. The Kier molecular flexibility index (Phi) is 4.90. The third-order valence-corrected chi connectivity index (χ3v) is 5.60. The standard InChI is InChI=1S/C21H23N3O4/c1-28-20(26)19(15-6-3-2-4-7-15)22-21(27)23-11-14-10-16(13-23)17-8-5-9-18(25)24(17)12-14/h2-9,14,16,19H,10-13H2,1H3,(H,22,27)/t14-,16+,19+/m1/s1. The Balaban J connectivity index is 1.53. The number of rotatable bonds is 3. The molecule has 4 rings (SSSR count). The third kappa shape index (κ3) is 3.40. The molecule has 3 heterocycles. The van der Waals surface area contributed by atoms with Crippen LogP contribution in [0.25, 0.3) is 0 Å². The first kappa shape index (κ1) is 18.3. The lowest BCUT2D eigenvalue weighted by molar-refractivity contribution is -0.143. The van der Waals surface area contributed by atoms with Gasteiger partial charge in [-0.2, -0.15) is 0 Å². The molecule has 28 heavy (non-hydrogen) atoms. The molecule has 146 valence electrons. The summed E-state index contributed by atoms with van der Waals surface area (Å²) in [7, 11) is 1.31. The third-order valence-electron chi connectivity index (χ3n) is 5.60. The SMILES string of the molecule is COC(=O)[C@@H](NC(=O)N1C[C@H]2C[C@@H](C1)c1cccc(=O)n1C2)c1ccccc1. The van der Waals surface area contributed by atoms with Crippen molar-refractivity contribution in [3.05, 3.63) is 70.1 Å². The summed E-state index contributed by atoms with van der Waals surface area (Å²) >= 11 is 0. The van der Waals surface area contributed by atoms with E-state index in [2.05, 4.69) is 5.32 Å². The van der Waals surface area contributed by atoms with Gasteiger partial charge < -0.3 is 19.5 Å². The quantitative estimate of drug-likeness (QED) is 0.824. The Morgan fingerprint density at radius 1 is 1.07 bits per heavy atom. The maximum absolute atomic E-state index is 13.0. The average Bonchev–Trinajstić information content (AvgIpc) is 2.72. The fourth-order valence-corrected chi connectivity index (χ4v) is 4.32. The van der Waals surface area contributed by atoms with Crippen LogP contribution in [-0.2, 0) is 16.1 Å². The van der Waals surface area contributed by atoms with Gasteiger partial charge in [-0.15, -0.1) is 0 Å². The molecule has 0 spiro atoms. The molecule has 3 atom stereocenters. The molecule has 2 amide bonds. The van der Waals surface area contributed by atoms with E-state index in [1.807, 2.05) is 28.8 Å². The van der Waals surface area contributed by atoms with Gasteiger partial charge in [0.2, 0.25) is 0 Å². The van der Waals surface area contributed by atoms with Crippen molar-refractivity contribution in [1.29, 1.82) is 0 Å². The molecule has 2 aromatic rings. The number of methoxy groups -OCH3 is 1. The Bertz CT molecular complexity index is 940. The van der Waals surface area contributed by atoms with Crippen LogP contribution in [0.1, 0.15) is 29.6 Å². The van der Waals surface area contributed by atoms with Gasteiger partial charge in [0.05, 0.1) is 7.11 Å². The summed E-state index contributed by atoms with van der Waals surface area (Å²) in [6.45, 7) is 1.70. The molecule has 2 bridgehead atoms. The molecule has 7 nitrogen and oxygen atoms in total. The Labute approximate surface area is 162 Å². The second-order valence-corrected chi connectivity index (χ2v) is 7.42. The van der Waals surface area contributed by atoms with E-state index < -0.39 is 12.0 Å². The average molecular weight is 381 g/mol. The van der Waals surface area contributed by atoms with Gasteiger partial charge in [0.1, 0.15) is 0 Å². The van der Waals surface area contributed by atoms with E-state index in [1.165, 1.54) is 7.11 Å². The Morgan fingerprint density at radius 2 is 1.86 bits per heavy atom. The zero-order chi connectivity index (χ0) is 19.7. The second kappa shape index (κ2) is 7.50. The van der Waals surface area contributed by atoms with Crippen LogP contribution in [0, 0.1) is 5.92 Å². The fourth-order valence-electron chi connectivity index (χ4n) is 4.32. The number of ether oxygens (including phenoxy) is 1. The number of benzene rings is 1. The van der Waals surface area contributed by atoms with Crippen molar-refractivity contribution in [1.82, 2.24) is 14.8 Å². The first-order valence-corrected chi connectivity index (χ1v) is 9.44. The summed E-state index contributed by atoms with van der Waals surface area (Å²) < 4.78 is 6.71. The van der Waals surface area contributed by atoms with Crippen molar-refractivity contribution >= 4 is 12.0 Å². The van der Waals surface area contributed by atoms with Crippen LogP contribution < -0.4 is 10.9 Å². The maximum atomic E-state index is 13.0. The summed E-state index contributed by atoms with van der Waals surface area (Å²) in [5.74, 6) is -0.153. The van der Waals surface area contributed by atoms with Crippen molar-refractivity contribution < 1.29 is 14.3 Å². The van der Waals surface area contributed by atoms with Gasteiger partial charge in [-0.25, -0.2) is 9.59 Å². The monoisotopic (exact) mass is 381 g/mol. The van der Waals surface area contributed by atoms with Gasteiger partial charge in [0.15, 0.2) is 6.04 Å². The lowest BCUT2D eigenvalue weighted by Gasteiger charge is -2.42. The van der Waals surface area contributed by atoms with E-state index in [4.69, 9.17) is 4.74 Å². The number of hydrogen-bond acceptors (Lipinski definition) is 4. The zero-order valence-corrected chi connectivity index (χ0v) is 15.7. The van der Waals surface area contributed by atoms with E-state index in [1.54, 1.807) is 29.2 Å². The highest BCUT2D eigenvalue weighted by molar-refractivity contribution is 5.84. The van der Waals surface area contributed by atoms with Crippen LogP contribution in [0.3, 0.4) is 0 Å². The summed E-state index contributed by atoms with van der Waals surface area (Å²) in [6, 6.07) is 13.2. The molecular weight excluding hydrogens is 358 g/mol. The van der Waals surface area contributed by atoms with E-state index in [0.29, 0.717) is 25.2 Å². The number of aromatic nitrogens is 1. The van der Waals surface area contributed by atoms with E-state index in [0.717, 1.165) is 12.1 Å². The molecule has 0 radical (unpaired) electrons. The number of hydrogen-bond donors (Lipinski definition) is 1. The first-order chi connectivity index (χ1) is 13.6. The molecule has 2 aliphatic heterocycles. The highest BCUT2D eigenvalue weighted by Gasteiger charge is 2.37. The van der Waals surface area contributed by atoms with Crippen LogP contribution in [0.4, 0.5) is 4.79 Å². The highest BCUT2D eigenvalue weighted by Crippen LogP contribution is 2.35. The van der Waals surface area contributed by atoms with Gasteiger partial charge in [-0.3, -0.25) is 4.79 Å². The van der Waals surface area contributed by atoms with Gasteiger partial charge in [-0.05, 0) is 24.0 Å². The molecule has 0 unspecified atom stereocenters. The molecule has 1 saturated heterocycles. The van der Waals surface area contributed by atoms with Crippen LogP contribution in [-0.4, -0.2) is 41.7 Å². The molecule has 1 fully saturated rings. The van der Waals surface area contributed by atoms with Crippen molar-refractivity contribution in [2.75, 3.05) is 20.2 Å². The van der Waals surface area contributed by atoms with Crippen molar-refractivity contribution in [3.63, 3.8) is 0 Å². The summed E-state index contributed by atoms with van der Waals surface area (Å²) in [6.07, 6.45) is 0.965. The number of nitrogens with one attached hydrogen (secondary N) is 1. The topological polar surface area (TPSA) is 80.6 Å². The van der Waals surface area contributed by atoms with E-state index in [-0.39, 0.29) is 23.4 Å². The largest absolute Gasteiger partial charge is 0.467 e. The molecule has 1 aromatic heterocycles. The molecular formula is C21H23N3O4. The predicted octanol–water partition coefficient (Wildman–Crippen LogP) is 1.89. The Hall–Kier alpha value is -3.09. The number of urea groups is 1. The minimum atomic E-state index is -0.852. The molecule has 0 saturated carbocycles. The number of esters is 1. The highest BCUT2D eigenvalue weighted by atomic mass is 16.5. The minimum absolute atomic E-state index is 0.0138. The normalized spacial score (nSPS) is 21.4. The van der Waals surface area contributed by atoms with Crippen LogP contribution in [0.5, 0.6) is 0 Å². The van der Waals surface area contributed by atoms with Gasteiger partial charge in [0.25, 0.3) is 5.56 Å². The van der Waals surface area contributed by atoms with Gasteiger partial charge in [-0.1, -0.05) is 36.4 Å². The number of amides is 2. The number of fused-ring (bicyclic) bond motifs is 4. The minimum Gasteiger partial charge on any atom is -0.467 e. The van der Waals surface area contributed by atoms with Crippen LogP contribution in [0.2, 0.25) is 0 Å². The summed E-state index contributed by atoms with van der Waals surface area (Å²) in [5.41, 5.74) is 1.67. The molecule has 1 aromatic carbocycles. The number of piperidine rings is 1. The number of carbonyl (C=O) groups excluding carboxylic acids is 2.